The van der Waals surface area contributed by atoms with Gasteiger partial charge in [-0.15, -0.1) is 15.3 Å². The number of imidazole rings is 1. The summed E-state index contributed by atoms with van der Waals surface area (Å²) in [6.07, 6.45) is 3.19. The second-order valence-electron chi connectivity index (χ2n) is 5.64. The highest BCUT2D eigenvalue weighted by Gasteiger charge is 2.12. The minimum Gasteiger partial charge on any atom is -0.327 e. The third-order valence-corrected chi connectivity index (χ3v) is 3.99. The van der Waals surface area contributed by atoms with Gasteiger partial charge in [-0.25, -0.2) is 14.1 Å². The molecule has 0 amide bonds. The van der Waals surface area contributed by atoms with Crippen molar-refractivity contribution in [1.29, 1.82) is 0 Å². The highest BCUT2D eigenvalue weighted by atomic mass is 19.1. The molecule has 0 aliphatic carbocycles. The van der Waals surface area contributed by atoms with E-state index in [2.05, 4.69) is 40.5 Å². The van der Waals surface area contributed by atoms with Crippen molar-refractivity contribution >= 4 is 11.0 Å². The standard InChI is InChI=1S/C15H16FN9/c1-2-25-13-5-3-10(16)7-12(13)17-15(25)9-24-8-11(18-23-24)4-6-14-19-21-22-20-14/h3,5,7-8H,2,4,6,9H2,1H3,(H,19,20,21,22). The normalized spacial score (nSPS) is 11.4. The Kier molecular flexibility index (Phi) is 3.92. The zero-order valence-electron chi connectivity index (χ0n) is 13.6. The largest absolute Gasteiger partial charge is 0.327 e. The summed E-state index contributed by atoms with van der Waals surface area (Å²) in [5.41, 5.74) is 2.40. The van der Waals surface area contributed by atoms with Gasteiger partial charge in [0, 0.05) is 31.6 Å². The van der Waals surface area contributed by atoms with Crippen LogP contribution in [0.15, 0.2) is 24.4 Å². The Balaban J connectivity index is 1.53. The molecule has 1 N–H and O–H groups in total. The van der Waals surface area contributed by atoms with Crippen molar-refractivity contribution in [3.05, 3.63) is 47.6 Å². The summed E-state index contributed by atoms with van der Waals surface area (Å²) in [6, 6.07) is 4.65. The van der Waals surface area contributed by atoms with Crippen LogP contribution in [-0.4, -0.2) is 45.2 Å². The second kappa shape index (κ2) is 6.38. The Morgan fingerprint density at radius 1 is 1.20 bits per heavy atom. The Hall–Kier alpha value is -3.17. The van der Waals surface area contributed by atoms with Crippen LogP contribution >= 0.6 is 0 Å². The van der Waals surface area contributed by atoms with Crippen LogP contribution in [0.3, 0.4) is 0 Å². The average molecular weight is 341 g/mol. The Bertz CT molecular complexity index is 986. The molecule has 0 saturated heterocycles. The number of tetrazole rings is 1. The zero-order valence-corrected chi connectivity index (χ0v) is 13.6. The van der Waals surface area contributed by atoms with Crippen LogP contribution in [0, 0.1) is 5.82 Å². The Morgan fingerprint density at radius 3 is 2.92 bits per heavy atom. The maximum absolute atomic E-state index is 13.4. The molecular weight excluding hydrogens is 325 g/mol. The number of nitrogens with one attached hydrogen (secondary N) is 1. The SMILES string of the molecule is CCn1c(Cn2cc(CCc3nn[nH]n3)nn2)nc2cc(F)ccc21. The van der Waals surface area contributed by atoms with Gasteiger partial charge in [0.1, 0.15) is 18.2 Å². The summed E-state index contributed by atoms with van der Waals surface area (Å²) in [6.45, 7) is 3.25. The molecule has 0 saturated carbocycles. The molecule has 10 heteroatoms. The second-order valence-corrected chi connectivity index (χ2v) is 5.64. The van der Waals surface area contributed by atoms with Crippen LogP contribution in [0.25, 0.3) is 11.0 Å². The molecule has 0 aliphatic heterocycles. The highest BCUT2D eigenvalue weighted by Crippen LogP contribution is 2.18. The average Bonchev–Trinajstić information content (AvgIpc) is 3.32. The molecule has 0 spiro atoms. The number of hydrogen-bond acceptors (Lipinski definition) is 6. The van der Waals surface area contributed by atoms with Gasteiger partial charge < -0.3 is 4.57 Å². The molecule has 25 heavy (non-hydrogen) atoms. The number of fused-ring (bicyclic) bond motifs is 1. The van der Waals surface area contributed by atoms with E-state index in [0.29, 0.717) is 30.7 Å². The van der Waals surface area contributed by atoms with Crippen molar-refractivity contribution in [2.75, 3.05) is 0 Å². The van der Waals surface area contributed by atoms with E-state index in [1.165, 1.54) is 12.1 Å². The van der Waals surface area contributed by atoms with E-state index in [9.17, 15) is 4.39 Å². The zero-order chi connectivity index (χ0) is 17.2. The van der Waals surface area contributed by atoms with Crippen molar-refractivity contribution in [3.8, 4) is 0 Å². The smallest absolute Gasteiger partial charge is 0.174 e. The topological polar surface area (TPSA) is 103 Å². The Labute approximate surface area is 141 Å². The molecule has 3 heterocycles. The molecule has 3 aromatic heterocycles. The van der Waals surface area contributed by atoms with E-state index in [-0.39, 0.29) is 5.82 Å². The lowest BCUT2D eigenvalue weighted by molar-refractivity contribution is 0.594. The molecule has 0 fully saturated rings. The number of benzene rings is 1. The van der Waals surface area contributed by atoms with Crippen molar-refractivity contribution in [2.45, 2.75) is 32.9 Å². The van der Waals surface area contributed by atoms with E-state index in [4.69, 9.17) is 0 Å². The third-order valence-electron chi connectivity index (χ3n) is 3.99. The van der Waals surface area contributed by atoms with E-state index in [0.717, 1.165) is 23.6 Å². The van der Waals surface area contributed by atoms with Crippen molar-refractivity contribution < 1.29 is 4.39 Å². The number of aryl methyl sites for hydroxylation is 3. The van der Waals surface area contributed by atoms with Gasteiger partial charge in [-0.1, -0.05) is 10.4 Å². The monoisotopic (exact) mass is 341 g/mol. The molecule has 9 nitrogen and oxygen atoms in total. The minimum atomic E-state index is -0.288. The summed E-state index contributed by atoms with van der Waals surface area (Å²) in [7, 11) is 0. The maximum atomic E-state index is 13.4. The number of rotatable bonds is 6. The first kappa shape index (κ1) is 15.4. The molecule has 4 aromatic rings. The first-order chi connectivity index (χ1) is 12.2. The van der Waals surface area contributed by atoms with Gasteiger partial charge in [-0.3, -0.25) is 0 Å². The number of H-pyrrole nitrogens is 1. The van der Waals surface area contributed by atoms with Gasteiger partial charge in [-0.2, -0.15) is 5.21 Å². The summed E-state index contributed by atoms with van der Waals surface area (Å²) in [5.74, 6) is 1.17. The van der Waals surface area contributed by atoms with Crippen LogP contribution in [-0.2, 0) is 25.9 Å². The number of hydrogen-bond donors (Lipinski definition) is 1. The van der Waals surface area contributed by atoms with Crippen LogP contribution in [0.5, 0.6) is 0 Å². The third kappa shape index (κ3) is 3.10. The predicted octanol–water partition coefficient (Wildman–Crippen LogP) is 1.13. The lowest BCUT2D eigenvalue weighted by Crippen LogP contribution is -2.08. The molecule has 0 aliphatic rings. The molecule has 0 unspecified atom stereocenters. The van der Waals surface area contributed by atoms with E-state index in [1.807, 2.05) is 13.1 Å². The molecular formula is C15H16FN9. The molecule has 0 atom stereocenters. The number of halogens is 1. The Morgan fingerprint density at radius 2 is 2.12 bits per heavy atom. The quantitative estimate of drug-likeness (QED) is 0.564. The van der Waals surface area contributed by atoms with Gasteiger partial charge >= 0.3 is 0 Å². The lowest BCUT2D eigenvalue weighted by atomic mass is 10.2. The van der Waals surface area contributed by atoms with Gasteiger partial charge in [0.25, 0.3) is 0 Å². The fourth-order valence-corrected chi connectivity index (χ4v) is 2.83. The van der Waals surface area contributed by atoms with E-state index >= 15 is 0 Å². The summed E-state index contributed by atoms with van der Waals surface area (Å²) < 4.78 is 17.2. The summed E-state index contributed by atoms with van der Waals surface area (Å²) in [5, 5.41) is 22.1. The lowest BCUT2D eigenvalue weighted by Gasteiger charge is -2.05. The summed E-state index contributed by atoms with van der Waals surface area (Å²) in [4.78, 5) is 4.54. The number of nitrogens with zero attached hydrogens (tertiary/aromatic N) is 8. The van der Waals surface area contributed by atoms with Gasteiger partial charge in [-0.05, 0) is 19.1 Å². The number of aromatic nitrogens is 9. The number of aromatic amines is 1. The van der Waals surface area contributed by atoms with Gasteiger partial charge in [0.05, 0.1) is 16.7 Å². The van der Waals surface area contributed by atoms with E-state index in [1.54, 1.807) is 10.7 Å². The van der Waals surface area contributed by atoms with Crippen LogP contribution < -0.4 is 0 Å². The van der Waals surface area contributed by atoms with Crippen LogP contribution in [0.2, 0.25) is 0 Å². The van der Waals surface area contributed by atoms with Crippen LogP contribution in [0.4, 0.5) is 4.39 Å². The van der Waals surface area contributed by atoms with Crippen molar-refractivity contribution in [1.82, 2.24) is 45.2 Å². The minimum absolute atomic E-state index is 0.288. The predicted molar refractivity (Wildman–Crippen MR) is 86.1 cm³/mol. The van der Waals surface area contributed by atoms with Crippen molar-refractivity contribution in [2.24, 2.45) is 0 Å². The maximum Gasteiger partial charge on any atom is 0.174 e. The summed E-state index contributed by atoms with van der Waals surface area (Å²) >= 11 is 0. The van der Waals surface area contributed by atoms with Crippen LogP contribution in [0.1, 0.15) is 24.3 Å². The molecule has 0 bridgehead atoms. The molecule has 0 radical (unpaired) electrons. The first-order valence-electron chi connectivity index (χ1n) is 7.99. The highest BCUT2D eigenvalue weighted by molar-refractivity contribution is 5.76. The van der Waals surface area contributed by atoms with Gasteiger partial charge in [0.15, 0.2) is 5.82 Å². The van der Waals surface area contributed by atoms with E-state index < -0.39 is 0 Å². The fourth-order valence-electron chi connectivity index (χ4n) is 2.83. The van der Waals surface area contributed by atoms with Gasteiger partial charge in [0.2, 0.25) is 0 Å². The fraction of sp³-hybridized carbons (Fsp3) is 0.333. The molecule has 128 valence electrons. The first-order valence-corrected chi connectivity index (χ1v) is 7.99. The molecule has 1 aromatic carbocycles. The van der Waals surface area contributed by atoms with Crippen molar-refractivity contribution in [3.63, 3.8) is 0 Å². The molecule has 4 rings (SSSR count).